The SMILES string of the molecule is CCc1ccc(CNC(=O)c2cn(-c3cncc(C)c3)c(C)c(-c3cccc(C(F)(F)F)c3)c2=O)cc1. The van der Waals surface area contributed by atoms with Crippen molar-refractivity contribution in [3.63, 3.8) is 0 Å². The maximum atomic E-state index is 13.6. The van der Waals surface area contributed by atoms with Gasteiger partial charge in [0.05, 0.1) is 17.4 Å². The lowest BCUT2D eigenvalue weighted by Gasteiger charge is -2.18. The standard InChI is InChI=1S/C29H26F3N3O2/c1-4-20-8-10-21(11-9-20)15-34-28(37)25-17-35(24-12-18(2)14-33-16-24)19(3)26(27(25)36)22-6-5-7-23(13-22)29(30,31)32/h5-14,16-17H,4,15H2,1-3H3,(H,34,37). The van der Waals surface area contributed by atoms with Crippen molar-refractivity contribution in [2.24, 2.45) is 0 Å². The van der Waals surface area contributed by atoms with Gasteiger partial charge in [-0.2, -0.15) is 13.2 Å². The molecule has 0 aliphatic carbocycles. The van der Waals surface area contributed by atoms with Gasteiger partial charge < -0.3 is 9.88 Å². The Morgan fingerprint density at radius 2 is 1.70 bits per heavy atom. The van der Waals surface area contributed by atoms with Crippen LogP contribution in [0.5, 0.6) is 0 Å². The first-order valence-electron chi connectivity index (χ1n) is 11.8. The lowest BCUT2D eigenvalue weighted by atomic mass is 9.98. The van der Waals surface area contributed by atoms with Gasteiger partial charge in [-0.15, -0.1) is 0 Å². The third-order valence-electron chi connectivity index (χ3n) is 6.20. The van der Waals surface area contributed by atoms with Crippen LogP contribution in [-0.4, -0.2) is 15.5 Å². The number of hydrogen-bond donors (Lipinski definition) is 1. The number of hydrogen-bond acceptors (Lipinski definition) is 3. The van der Waals surface area contributed by atoms with Crippen molar-refractivity contribution in [1.29, 1.82) is 0 Å². The van der Waals surface area contributed by atoms with Crippen molar-refractivity contribution in [2.75, 3.05) is 0 Å². The van der Waals surface area contributed by atoms with E-state index < -0.39 is 23.1 Å². The molecule has 0 atom stereocenters. The Hall–Kier alpha value is -4.20. The van der Waals surface area contributed by atoms with Crippen LogP contribution in [0.4, 0.5) is 13.2 Å². The van der Waals surface area contributed by atoms with E-state index in [4.69, 9.17) is 0 Å². The molecule has 2 aromatic carbocycles. The van der Waals surface area contributed by atoms with Crippen molar-refractivity contribution in [3.8, 4) is 16.8 Å². The highest BCUT2D eigenvalue weighted by Gasteiger charge is 2.31. The van der Waals surface area contributed by atoms with E-state index in [0.717, 1.165) is 35.2 Å². The Balaban J connectivity index is 1.82. The molecular formula is C29H26F3N3O2. The Morgan fingerprint density at radius 3 is 2.35 bits per heavy atom. The maximum Gasteiger partial charge on any atom is 0.416 e. The Labute approximate surface area is 212 Å². The number of rotatable bonds is 6. The van der Waals surface area contributed by atoms with E-state index in [1.807, 2.05) is 44.2 Å². The molecule has 1 N–H and O–H groups in total. The second-order valence-corrected chi connectivity index (χ2v) is 8.85. The molecule has 0 unspecified atom stereocenters. The van der Waals surface area contributed by atoms with Gasteiger partial charge in [0.15, 0.2) is 0 Å². The second-order valence-electron chi connectivity index (χ2n) is 8.85. The molecule has 4 rings (SSSR count). The molecule has 5 nitrogen and oxygen atoms in total. The van der Waals surface area contributed by atoms with Crippen molar-refractivity contribution >= 4 is 5.91 Å². The Bertz CT molecular complexity index is 1510. The molecule has 0 spiro atoms. The van der Waals surface area contributed by atoms with E-state index in [0.29, 0.717) is 11.4 Å². The van der Waals surface area contributed by atoms with Gasteiger partial charge in [0.2, 0.25) is 5.43 Å². The maximum absolute atomic E-state index is 13.6. The molecule has 0 saturated carbocycles. The lowest BCUT2D eigenvalue weighted by Crippen LogP contribution is -2.30. The molecule has 0 bridgehead atoms. The van der Waals surface area contributed by atoms with Crippen LogP contribution in [0.2, 0.25) is 0 Å². The van der Waals surface area contributed by atoms with E-state index in [-0.39, 0.29) is 23.2 Å². The van der Waals surface area contributed by atoms with Gasteiger partial charge in [-0.25, -0.2) is 0 Å². The van der Waals surface area contributed by atoms with Crippen LogP contribution in [0, 0.1) is 13.8 Å². The summed E-state index contributed by atoms with van der Waals surface area (Å²) in [5, 5.41) is 2.77. The van der Waals surface area contributed by atoms with Crippen LogP contribution in [-0.2, 0) is 19.1 Å². The number of halogens is 3. The van der Waals surface area contributed by atoms with Crippen molar-refractivity contribution in [1.82, 2.24) is 14.9 Å². The van der Waals surface area contributed by atoms with Crippen molar-refractivity contribution in [2.45, 2.75) is 39.9 Å². The van der Waals surface area contributed by atoms with E-state index in [1.54, 1.807) is 23.9 Å². The zero-order chi connectivity index (χ0) is 26.7. The predicted molar refractivity (Wildman–Crippen MR) is 137 cm³/mol. The minimum absolute atomic E-state index is 0.0209. The molecule has 37 heavy (non-hydrogen) atoms. The highest BCUT2D eigenvalue weighted by atomic mass is 19.4. The minimum Gasteiger partial charge on any atom is -0.348 e. The molecule has 0 aliphatic heterocycles. The van der Waals surface area contributed by atoms with Crippen molar-refractivity contribution < 1.29 is 18.0 Å². The van der Waals surface area contributed by atoms with Crippen LogP contribution in [0.3, 0.4) is 0 Å². The largest absolute Gasteiger partial charge is 0.416 e. The van der Waals surface area contributed by atoms with Gasteiger partial charge in [-0.1, -0.05) is 43.3 Å². The Morgan fingerprint density at radius 1 is 1.00 bits per heavy atom. The second kappa shape index (κ2) is 10.4. The zero-order valence-electron chi connectivity index (χ0n) is 20.7. The molecule has 2 aromatic heterocycles. The number of alkyl halides is 3. The molecule has 0 saturated heterocycles. The average Bonchev–Trinajstić information content (AvgIpc) is 2.87. The summed E-state index contributed by atoms with van der Waals surface area (Å²) in [5.74, 6) is -0.618. The monoisotopic (exact) mass is 505 g/mol. The van der Waals surface area contributed by atoms with Crippen LogP contribution in [0.15, 0.2) is 78.0 Å². The third kappa shape index (κ3) is 5.63. The van der Waals surface area contributed by atoms with Gasteiger partial charge >= 0.3 is 6.18 Å². The number of benzene rings is 2. The first-order valence-corrected chi connectivity index (χ1v) is 11.8. The van der Waals surface area contributed by atoms with Crippen LogP contribution in [0.1, 0.15) is 45.2 Å². The molecular weight excluding hydrogens is 479 g/mol. The summed E-state index contributed by atoms with van der Waals surface area (Å²) in [5.41, 5.74) is 2.24. The normalized spacial score (nSPS) is 11.4. The smallest absolute Gasteiger partial charge is 0.348 e. The van der Waals surface area contributed by atoms with Gasteiger partial charge in [-0.05, 0) is 60.7 Å². The topological polar surface area (TPSA) is 64.0 Å². The van der Waals surface area contributed by atoms with Crippen LogP contribution in [0.25, 0.3) is 16.8 Å². The van der Waals surface area contributed by atoms with E-state index in [2.05, 4.69) is 10.3 Å². The minimum atomic E-state index is -4.58. The number of aromatic nitrogens is 2. The third-order valence-corrected chi connectivity index (χ3v) is 6.20. The van der Waals surface area contributed by atoms with E-state index in [1.165, 1.54) is 18.3 Å². The molecule has 190 valence electrons. The molecule has 4 aromatic rings. The molecule has 1 amide bonds. The summed E-state index contributed by atoms with van der Waals surface area (Å²) in [7, 11) is 0. The number of amides is 1. The average molecular weight is 506 g/mol. The summed E-state index contributed by atoms with van der Waals surface area (Å²) in [6.07, 6.45) is 0.956. The number of aryl methyl sites for hydroxylation is 2. The summed E-state index contributed by atoms with van der Waals surface area (Å²) in [6.45, 7) is 5.72. The summed E-state index contributed by atoms with van der Waals surface area (Å²) < 4.78 is 41.9. The molecule has 0 aliphatic rings. The van der Waals surface area contributed by atoms with Gasteiger partial charge in [-0.3, -0.25) is 14.6 Å². The van der Waals surface area contributed by atoms with Gasteiger partial charge in [0.25, 0.3) is 5.91 Å². The number of nitrogens with one attached hydrogen (secondary N) is 1. The van der Waals surface area contributed by atoms with Crippen LogP contribution >= 0.6 is 0 Å². The predicted octanol–water partition coefficient (Wildman–Crippen LogP) is 6.03. The molecule has 8 heteroatoms. The van der Waals surface area contributed by atoms with Gasteiger partial charge in [0.1, 0.15) is 5.56 Å². The van der Waals surface area contributed by atoms with Gasteiger partial charge in [0, 0.05) is 30.2 Å². The highest BCUT2D eigenvalue weighted by molar-refractivity contribution is 5.95. The van der Waals surface area contributed by atoms with E-state index in [9.17, 15) is 22.8 Å². The number of pyridine rings is 2. The highest BCUT2D eigenvalue weighted by Crippen LogP contribution is 2.32. The number of carbonyl (C=O) groups excluding carboxylic acids is 1. The molecule has 0 radical (unpaired) electrons. The number of carbonyl (C=O) groups is 1. The summed E-state index contributed by atoms with van der Waals surface area (Å²) in [4.78, 5) is 31.0. The van der Waals surface area contributed by atoms with Crippen molar-refractivity contribution in [3.05, 3.63) is 117 Å². The quantitative estimate of drug-likeness (QED) is 0.348. The first-order chi connectivity index (χ1) is 17.6. The first kappa shape index (κ1) is 25.9. The fourth-order valence-corrected chi connectivity index (χ4v) is 4.17. The molecule has 0 fully saturated rings. The summed E-state index contributed by atoms with van der Waals surface area (Å²) >= 11 is 0. The number of nitrogens with zero attached hydrogens (tertiary/aromatic N) is 2. The molecule has 2 heterocycles. The summed E-state index contributed by atoms with van der Waals surface area (Å²) in [6, 6.07) is 14.1. The van der Waals surface area contributed by atoms with Crippen LogP contribution < -0.4 is 10.7 Å². The van der Waals surface area contributed by atoms with E-state index >= 15 is 0 Å². The Kier molecular flexibility index (Phi) is 7.29. The fraction of sp³-hybridized carbons (Fsp3) is 0.207. The zero-order valence-corrected chi connectivity index (χ0v) is 20.7. The fourth-order valence-electron chi connectivity index (χ4n) is 4.17. The lowest BCUT2D eigenvalue weighted by molar-refractivity contribution is -0.137.